The van der Waals surface area contributed by atoms with Gasteiger partial charge in [-0.25, -0.2) is 0 Å². The van der Waals surface area contributed by atoms with Crippen LogP contribution in [0, 0.1) is 0 Å². The van der Waals surface area contributed by atoms with E-state index in [9.17, 15) is 0 Å². The molecule has 0 heterocycles. The van der Waals surface area contributed by atoms with Gasteiger partial charge in [-0.2, -0.15) is 0 Å². The van der Waals surface area contributed by atoms with Crippen LogP contribution in [0.4, 0.5) is 0 Å². The van der Waals surface area contributed by atoms with Crippen LogP contribution in [0.25, 0.3) is 0 Å². The fourth-order valence-corrected chi connectivity index (χ4v) is 1.84. The summed E-state index contributed by atoms with van der Waals surface area (Å²) in [6.07, 6.45) is 3.96. The van der Waals surface area contributed by atoms with Gasteiger partial charge in [-0.05, 0) is 43.9 Å². The van der Waals surface area contributed by atoms with Gasteiger partial charge in [0.1, 0.15) is 0 Å². The molecule has 0 saturated heterocycles. The molecule has 108 valence electrons. The minimum Gasteiger partial charge on any atom is -0.493 e. The first-order valence-electron chi connectivity index (χ1n) is 6.86. The molecule has 0 spiro atoms. The second-order valence-electron chi connectivity index (χ2n) is 4.69. The van der Waals surface area contributed by atoms with Gasteiger partial charge >= 0.3 is 0 Å². The number of aliphatic hydroxyl groups is 1. The Morgan fingerprint density at radius 3 is 2.53 bits per heavy atom. The molecule has 1 unspecified atom stereocenters. The van der Waals surface area contributed by atoms with Crippen molar-refractivity contribution in [2.24, 2.45) is 5.73 Å². The maximum absolute atomic E-state index is 8.68. The molecule has 19 heavy (non-hydrogen) atoms. The molecule has 1 aromatic carbocycles. The normalized spacial score (nSPS) is 12.2. The highest BCUT2D eigenvalue weighted by molar-refractivity contribution is 5.43. The van der Waals surface area contributed by atoms with E-state index in [-0.39, 0.29) is 12.6 Å². The SMILES string of the molecule is COc1cc(C(C)N)ccc1OCCCCCCO. The average molecular weight is 267 g/mol. The molecular weight excluding hydrogens is 242 g/mol. The quantitative estimate of drug-likeness (QED) is 0.675. The zero-order valence-electron chi connectivity index (χ0n) is 11.9. The van der Waals surface area contributed by atoms with Gasteiger partial charge in [0.25, 0.3) is 0 Å². The van der Waals surface area contributed by atoms with E-state index in [0.717, 1.165) is 42.7 Å². The molecule has 0 fully saturated rings. The molecule has 0 aliphatic heterocycles. The second-order valence-corrected chi connectivity index (χ2v) is 4.69. The van der Waals surface area contributed by atoms with Gasteiger partial charge in [0.15, 0.2) is 11.5 Å². The summed E-state index contributed by atoms with van der Waals surface area (Å²) < 4.78 is 11.0. The van der Waals surface area contributed by atoms with Gasteiger partial charge in [-0.1, -0.05) is 12.5 Å². The van der Waals surface area contributed by atoms with Crippen LogP contribution in [0.5, 0.6) is 11.5 Å². The van der Waals surface area contributed by atoms with Crippen LogP contribution in [-0.4, -0.2) is 25.4 Å². The van der Waals surface area contributed by atoms with Gasteiger partial charge in [-0.15, -0.1) is 0 Å². The molecule has 0 aliphatic carbocycles. The largest absolute Gasteiger partial charge is 0.493 e. The van der Waals surface area contributed by atoms with Crippen LogP contribution in [0.15, 0.2) is 18.2 Å². The van der Waals surface area contributed by atoms with Crippen LogP contribution in [0.1, 0.15) is 44.2 Å². The number of methoxy groups -OCH3 is 1. The maximum Gasteiger partial charge on any atom is 0.161 e. The van der Waals surface area contributed by atoms with Crippen molar-refractivity contribution < 1.29 is 14.6 Å². The van der Waals surface area contributed by atoms with Crippen LogP contribution >= 0.6 is 0 Å². The molecular formula is C15H25NO3. The van der Waals surface area contributed by atoms with E-state index in [1.165, 1.54) is 0 Å². The Morgan fingerprint density at radius 2 is 1.89 bits per heavy atom. The minimum atomic E-state index is -0.0126. The van der Waals surface area contributed by atoms with Gasteiger partial charge in [0, 0.05) is 12.6 Å². The number of benzene rings is 1. The Kier molecular flexibility index (Phi) is 7.30. The highest BCUT2D eigenvalue weighted by Crippen LogP contribution is 2.29. The highest BCUT2D eigenvalue weighted by atomic mass is 16.5. The number of hydrogen-bond acceptors (Lipinski definition) is 4. The number of unbranched alkanes of at least 4 members (excludes halogenated alkanes) is 3. The van der Waals surface area contributed by atoms with Crippen LogP contribution < -0.4 is 15.2 Å². The first-order valence-corrected chi connectivity index (χ1v) is 6.86. The summed E-state index contributed by atoms with van der Waals surface area (Å²) in [6.45, 7) is 2.88. The molecule has 4 heteroatoms. The highest BCUT2D eigenvalue weighted by Gasteiger charge is 2.07. The van der Waals surface area contributed by atoms with Gasteiger partial charge in [0.2, 0.25) is 0 Å². The number of hydrogen-bond donors (Lipinski definition) is 2. The van der Waals surface area contributed by atoms with Crippen molar-refractivity contribution in [2.75, 3.05) is 20.3 Å². The maximum atomic E-state index is 8.68. The number of nitrogens with two attached hydrogens (primary N) is 1. The van der Waals surface area contributed by atoms with E-state index < -0.39 is 0 Å². The van der Waals surface area contributed by atoms with Gasteiger partial charge in [-0.3, -0.25) is 0 Å². The van der Waals surface area contributed by atoms with E-state index in [4.69, 9.17) is 20.3 Å². The minimum absolute atomic E-state index is 0.0126. The average Bonchev–Trinajstić information content (AvgIpc) is 2.42. The summed E-state index contributed by atoms with van der Waals surface area (Å²) in [4.78, 5) is 0. The summed E-state index contributed by atoms with van der Waals surface area (Å²) in [5.41, 5.74) is 6.87. The van der Waals surface area contributed by atoms with E-state index in [0.29, 0.717) is 6.61 Å². The van der Waals surface area contributed by atoms with E-state index >= 15 is 0 Å². The number of ether oxygens (including phenoxy) is 2. The van der Waals surface area contributed by atoms with E-state index in [1.54, 1.807) is 7.11 Å². The molecule has 4 nitrogen and oxygen atoms in total. The molecule has 0 saturated carbocycles. The van der Waals surface area contributed by atoms with Crippen LogP contribution in [0.2, 0.25) is 0 Å². The summed E-state index contributed by atoms with van der Waals surface area (Å²) in [5.74, 6) is 1.49. The Hall–Kier alpha value is -1.26. The second kappa shape index (κ2) is 8.77. The topological polar surface area (TPSA) is 64.7 Å². The molecule has 0 aromatic heterocycles. The van der Waals surface area contributed by atoms with Crippen LogP contribution in [-0.2, 0) is 0 Å². The third-order valence-electron chi connectivity index (χ3n) is 3.02. The number of rotatable bonds is 9. The van der Waals surface area contributed by atoms with Crippen molar-refractivity contribution in [3.63, 3.8) is 0 Å². The van der Waals surface area contributed by atoms with Gasteiger partial charge in [0.05, 0.1) is 13.7 Å². The molecule has 0 amide bonds. The lowest BCUT2D eigenvalue weighted by molar-refractivity contribution is 0.268. The predicted molar refractivity (Wildman–Crippen MR) is 76.6 cm³/mol. The van der Waals surface area contributed by atoms with E-state index in [2.05, 4.69) is 0 Å². The number of aliphatic hydroxyl groups excluding tert-OH is 1. The zero-order valence-corrected chi connectivity index (χ0v) is 11.9. The fraction of sp³-hybridized carbons (Fsp3) is 0.600. The van der Waals surface area contributed by atoms with Crippen molar-refractivity contribution in [2.45, 2.75) is 38.6 Å². The summed E-state index contributed by atoms with van der Waals surface area (Å²) in [7, 11) is 1.63. The third-order valence-corrected chi connectivity index (χ3v) is 3.02. The van der Waals surface area contributed by atoms with Crippen molar-refractivity contribution in [3.05, 3.63) is 23.8 Å². The lowest BCUT2D eigenvalue weighted by atomic mass is 10.1. The van der Waals surface area contributed by atoms with Crippen molar-refractivity contribution in [1.29, 1.82) is 0 Å². The summed E-state index contributed by atoms with van der Waals surface area (Å²) in [5, 5.41) is 8.68. The zero-order chi connectivity index (χ0) is 14.1. The van der Waals surface area contributed by atoms with Gasteiger partial charge < -0.3 is 20.3 Å². The van der Waals surface area contributed by atoms with E-state index in [1.807, 2.05) is 25.1 Å². The standard InChI is InChI=1S/C15H25NO3/c1-12(16)13-7-8-14(15(11-13)18-2)19-10-6-4-3-5-9-17/h7-8,11-12,17H,3-6,9-10,16H2,1-2H3. The molecule has 0 aliphatic rings. The van der Waals surface area contributed by atoms with Crippen LogP contribution in [0.3, 0.4) is 0 Å². The lowest BCUT2D eigenvalue weighted by Crippen LogP contribution is -2.06. The van der Waals surface area contributed by atoms with Crippen molar-refractivity contribution >= 4 is 0 Å². The molecule has 1 rings (SSSR count). The molecule has 1 aromatic rings. The Labute approximate surface area is 115 Å². The Morgan fingerprint density at radius 1 is 1.16 bits per heavy atom. The summed E-state index contributed by atoms with van der Waals surface area (Å²) in [6, 6.07) is 5.78. The molecule has 3 N–H and O–H groups in total. The van der Waals surface area contributed by atoms with Crippen molar-refractivity contribution in [3.8, 4) is 11.5 Å². The Bertz CT molecular complexity index is 366. The first-order chi connectivity index (χ1) is 9.19. The molecule has 0 radical (unpaired) electrons. The first kappa shape index (κ1) is 15.8. The lowest BCUT2D eigenvalue weighted by Gasteiger charge is -2.13. The smallest absolute Gasteiger partial charge is 0.161 e. The predicted octanol–water partition coefficient (Wildman–Crippen LogP) is 2.65. The summed E-state index contributed by atoms with van der Waals surface area (Å²) >= 11 is 0. The molecule has 1 atom stereocenters. The van der Waals surface area contributed by atoms with Crippen molar-refractivity contribution in [1.82, 2.24) is 0 Å². The Balaban J connectivity index is 2.44. The molecule has 0 bridgehead atoms. The monoisotopic (exact) mass is 267 g/mol. The third kappa shape index (κ3) is 5.49. The fourth-order valence-electron chi connectivity index (χ4n) is 1.84.